The molecule has 2 aromatic heterocycles. The molecule has 0 aliphatic carbocycles. The van der Waals surface area contributed by atoms with Gasteiger partial charge in [-0.05, 0) is 12.8 Å². The highest BCUT2D eigenvalue weighted by atomic mass is 16.5. The van der Waals surface area contributed by atoms with Gasteiger partial charge < -0.3 is 10.1 Å². The second-order valence-corrected chi connectivity index (χ2v) is 3.90. The van der Waals surface area contributed by atoms with Gasteiger partial charge in [0.1, 0.15) is 6.33 Å². The van der Waals surface area contributed by atoms with E-state index in [-0.39, 0.29) is 0 Å². The van der Waals surface area contributed by atoms with Gasteiger partial charge in [0.25, 0.3) is 0 Å². The third kappa shape index (κ3) is 1.71. The van der Waals surface area contributed by atoms with Gasteiger partial charge in [-0.15, -0.1) is 10.2 Å². The summed E-state index contributed by atoms with van der Waals surface area (Å²) in [5.41, 5.74) is 0.757. The summed E-state index contributed by atoms with van der Waals surface area (Å²) in [5.74, 6) is 0.774. The fourth-order valence-electron chi connectivity index (χ4n) is 1.91. The molecule has 1 aliphatic rings. The quantitative estimate of drug-likeness (QED) is 0.806. The molecule has 0 radical (unpaired) electrons. The molecule has 2 aromatic rings. The van der Waals surface area contributed by atoms with E-state index in [1.807, 2.05) is 10.6 Å². The Morgan fingerprint density at radius 3 is 3.38 bits per heavy atom. The smallest absolute Gasteiger partial charge is 0.203 e. The molecule has 0 amide bonds. The third-order valence-electron chi connectivity index (χ3n) is 2.72. The zero-order valence-corrected chi connectivity index (χ0v) is 8.83. The zero-order valence-electron chi connectivity index (χ0n) is 8.83. The second-order valence-electron chi connectivity index (χ2n) is 3.90. The van der Waals surface area contributed by atoms with Crippen LogP contribution in [0.4, 0.5) is 5.82 Å². The van der Waals surface area contributed by atoms with E-state index in [0.29, 0.717) is 6.04 Å². The maximum Gasteiger partial charge on any atom is 0.203 e. The molecule has 3 heterocycles. The van der Waals surface area contributed by atoms with Crippen LogP contribution >= 0.6 is 0 Å². The molecule has 1 saturated heterocycles. The van der Waals surface area contributed by atoms with Crippen molar-refractivity contribution >= 4 is 11.5 Å². The van der Waals surface area contributed by atoms with Crippen molar-refractivity contribution < 1.29 is 4.74 Å². The molecule has 1 N–H and O–H groups in total. The van der Waals surface area contributed by atoms with Crippen molar-refractivity contribution in [2.75, 3.05) is 18.5 Å². The lowest BCUT2D eigenvalue weighted by Gasteiger charge is -2.23. The van der Waals surface area contributed by atoms with E-state index in [0.717, 1.165) is 37.5 Å². The molecule has 84 valence electrons. The Hall–Kier alpha value is -1.69. The van der Waals surface area contributed by atoms with E-state index in [1.54, 1.807) is 12.5 Å². The number of nitrogens with one attached hydrogen (secondary N) is 1. The maximum absolute atomic E-state index is 5.41. The lowest BCUT2D eigenvalue weighted by Crippen LogP contribution is -2.30. The highest BCUT2D eigenvalue weighted by Gasteiger charge is 2.15. The molecule has 0 spiro atoms. The number of aromatic nitrogens is 4. The first-order valence-electron chi connectivity index (χ1n) is 5.42. The number of ether oxygens (including phenoxy) is 1. The number of hydrogen-bond acceptors (Lipinski definition) is 5. The first kappa shape index (κ1) is 9.53. The van der Waals surface area contributed by atoms with Crippen molar-refractivity contribution in [3.63, 3.8) is 0 Å². The largest absolute Gasteiger partial charge is 0.379 e. The Morgan fingerprint density at radius 1 is 1.50 bits per heavy atom. The molecule has 3 rings (SSSR count). The van der Waals surface area contributed by atoms with Crippen LogP contribution in [0.1, 0.15) is 12.8 Å². The summed E-state index contributed by atoms with van der Waals surface area (Å²) in [6, 6.07) is 0.323. The fourth-order valence-corrected chi connectivity index (χ4v) is 1.91. The summed E-state index contributed by atoms with van der Waals surface area (Å²) < 4.78 is 7.26. The molecule has 16 heavy (non-hydrogen) atoms. The minimum Gasteiger partial charge on any atom is -0.379 e. The van der Waals surface area contributed by atoms with Crippen molar-refractivity contribution in [1.82, 2.24) is 19.6 Å². The molecule has 6 nitrogen and oxygen atoms in total. The summed E-state index contributed by atoms with van der Waals surface area (Å²) >= 11 is 0. The molecule has 1 atom stereocenters. The van der Waals surface area contributed by atoms with Gasteiger partial charge in [0, 0.05) is 19.0 Å². The zero-order chi connectivity index (χ0) is 10.8. The Kier molecular flexibility index (Phi) is 2.41. The van der Waals surface area contributed by atoms with Gasteiger partial charge in [-0.1, -0.05) is 0 Å². The number of hydrogen-bond donors (Lipinski definition) is 1. The molecular formula is C10H13N5O. The van der Waals surface area contributed by atoms with Crippen LogP contribution in [0.25, 0.3) is 5.65 Å². The van der Waals surface area contributed by atoms with Crippen LogP contribution in [-0.4, -0.2) is 38.8 Å². The van der Waals surface area contributed by atoms with Gasteiger partial charge in [-0.3, -0.25) is 4.40 Å². The van der Waals surface area contributed by atoms with Crippen LogP contribution in [0, 0.1) is 0 Å². The first-order valence-corrected chi connectivity index (χ1v) is 5.42. The van der Waals surface area contributed by atoms with Gasteiger partial charge in [-0.2, -0.15) is 0 Å². The molecule has 1 fully saturated rings. The van der Waals surface area contributed by atoms with Gasteiger partial charge in [0.2, 0.25) is 5.65 Å². The highest BCUT2D eigenvalue weighted by Crippen LogP contribution is 2.15. The van der Waals surface area contributed by atoms with E-state index >= 15 is 0 Å². The molecule has 0 aromatic carbocycles. The van der Waals surface area contributed by atoms with Gasteiger partial charge in [-0.25, -0.2) is 4.98 Å². The van der Waals surface area contributed by atoms with Gasteiger partial charge in [0.05, 0.1) is 12.6 Å². The van der Waals surface area contributed by atoms with Crippen molar-refractivity contribution in [1.29, 1.82) is 0 Å². The summed E-state index contributed by atoms with van der Waals surface area (Å²) in [6.07, 6.45) is 7.43. The Morgan fingerprint density at radius 2 is 2.50 bits per heavy atom. The van der Waals surface area contributed by atoms with Crippen LogP contribution in [0.2, 0.25) is 0 Å². The lowest BCUT2D eigenvalue weighted by molar-refractivity contribution is 0.0875. The van der Waals surface area contributed by atoms with E-state index < -0.39 is 0 Å². The lowest BCUT2D eigenvalue weighted by atomic mass is 10.1. The van der Waals surface area contributed by atoms with Crippen molar-refractivity contribution in [3.8, 4) is 0 Å². The van der Waals surface area contributed by atoms with Crippen molar-refractivity contribution in [3.05, 3.63) is 18.7 Å². The Labute approximate surface area is 92.7 Å². The molecule has 1 unspecified atom stereocenters. The van der Waals surface area contributed by atoms with Crippen LogP contribution in [0.5, 0.6) is 0 Å². The Bertz CT molecular complexity index is 477. The van der Waals surface area contributed by atoms with E-state index in [4.69, 9.17) is 4.74 Å². The first-order chi connectivity index (χ1) is 7.93. The Balaban J connectivity index is 1.85. The minimum absolute atomic E-state index is 0.323. The van der Waals surface area contributed by atoms with Crippen LogP contribution in [0.3, 0.4) is 0 Å². The molecule has 0 bridgehead atoms. The predicted octanol–water partition coefficient (Wildman–Crippen LogP) is 0.715. The van der Waals surface area contributed by atoms with Gasteiger partial charge >= 0.3 is 0 Å². The van der Waals surface area contributed by atoms with Crippen molar-refractivity contribution in [2.45, 2.75) is 18.9 Å². The van der Waals surface area contributed by atoms with Crippen LogP contribution in [0.15, 0.2) is 18.7 Å². The second kappa shape index (κ2) is 4.05. The average molecular weight is 219 g/mol. The number of anilines is 1. The fraction of sp³-hybridized carbons (Fsp3) is 0.500. The van der Waals surface area contributed by atoms with E-state index in [1.165, 1.54) is 0 Å². The van der Waals surface area contributed by atoms with E-state index in [9.17, 15) is 0 Å². The van der Waals surface area contributed by atoms with Crippen LogP contribution < -0.4 is 5.32 Å². The molecular weight excluding hydrogens is 206 g/mol. The third-order valence-corrected chi connectivity index (χ3v) is 2.72. The summed E-state index contributed by atoms with van der Waals surface area (Å²) in [5, 5.41) is 11.2. The predicted molar refractivity (Wildman–Crippen MR) is 58.2 cm³/mol. The summed E-state index contributed by atoms with van der Waals surface area (Å²) in [4.78, 5) is 4.28. The standard InChI is InChI=1S/C10H13N5O/c1-2-8(6-16-5-1)13-9-10-14-12-7-15(10)4-3-11-9/h3-4,7-8H,1-2,5-6H2,(H,11,13). The number of rotatable bonds is 2. The summed E-state index contributed by atoms with van der Waals surface area (Å²) in [6.45, 7) is 1.59. The molecule has 1 aliphatic heterocycles. The summed E-state index contributed by atoms with van der Waals surface area (Å²) in [7, 11) is 0. The van der Waals surface area contributed by atoms with Crippen LogP contribution in [-0.2, 0) is 4.74 Å². The van der Waals surface area contributed by atoms with E-state index in [2.05, 4.69) is 20.5 Å². The van der Waals surface area contributed by atoms with Gasteiger partial charge in [0.15, 0.2) is 5.82 Å². The topological polar surface area (TPSA) is 64.3 Å². The number of fused-ring (bicyclic) bond motifs is 1. The normalized spacial score (nSPS) is 21.1. The van der Waals surface area contributed by atoms with Crippen molar-refractivity contribution in [2.24, 2.45) is 0 Å². The molecule has 6 heteroatoms. The SMILES string of the molecule is c1cn2cnnc2c(NC2CCCOC2)n1. The minimum atomic E-state index is 0.323. The average Bonchev–Trinajstić information content (AvgIpc) is 2.80. The monoisotopic (exact) mass is 219 g/mol. The number of nitrogens with zero attached hydrogens (tertiary/aromatic N) is 4. The molecule has 0 saturated carbocycles. The highest BCUT2D eigenvalue weighted by molar-refractivity contribution is 5.61. The maximum atomic E-state index is 5.41.